The molecule has 1 aliphatic carbocycles. The van der Waals surface area contributed by atoms with Crippen LogP contribution in [0, 0.1) is 0 Å². The second-order valence-electron chi connectivity index (χ2n) is 6.48. The van der Waals surface area contributed by atoms with Crippen molar-refractivity contribution in [2.75, 3.05) is 5.32 Å². The van der Waals surface area contributed by atoms with Gasteiger partial charge in [0.15, 0.2) is 0 Å². The van der Waals surface area contributed by atoms with Crippen molar-refractivity contribution in [2.24, 2.45) is 0 Å². The van der Waals surface area contributed by atoms with E-state index in [0.717, 1.165) is 29.7 Å². The van der Waals surface area contributed by atoms with Crippen LogP contribution in [0.1, 0.15) is 12.8 Å². The molecule has 1 heterocycles. The second kappa shape index (κ2) is 7.44. The molecule has 0 fully saturated rings. The van der Waals surface area contributed by atoms with Crippen molar-refractivity contribution in [3.8, 4) is 16.9 Å². The summed E-state index contributed by atoms with van der Waals surface area (Å²) in [6, 6.07) is 14.6. The summed E-state index contributed by atoms with van der Waals surface area (Å²) in [4.78, 5) is 16.0. The van der Waals surface area contributed by atoms with Gasteiger partial charge in [-0.25, -0.2) is 4.79 Å². The first-order valence-corrected chi connectivity index (χ1v) is 8.98. The number of fused-ring (bicyclic) bond motifs is 1. The summed E-state index contributed by atoms with van der Waals surface area (Å²) in [6.07, 6.45) is 9.14. The maximum absolute atomic E-state index is 12.1. The van der Waals surface area contributed by atoms with Gasteiger partial charge in [0.1, 0.15) is 11.6 Å². The highest BCUT2D eigenvalue weighted by Crippen LogP contribution is 2.25. The summed E-state index contributed by atoms with van der Waals surface area (Å²) in [5.74, 6) is 0.602. The van der Waals surface area contributed by atoms with Gasteiger partial charge in [0.05, 0.1) is 5.35 Å². The highest BCUT2D eigenvalue weighted by molar-refractivity contribution is 5.69. The van der Waals surface area contributed by atoms with E-state index in [4.69, 9.17) is 0 Å². The molecule has 140 valence electrons. The highest BCUT2D eigenvalue weighted by Gasteiger charge is 2.08. The van der Waals surface area contributed by atoms with Crippen LogP contribution in [0.3, 0.4) is 0 Å². The van der Waals surface area contributed by atoms with E-state index >= 15 is 0 Å². The standard InChI is InChI=1S/C22H19N3O3/c26-18-7-5-6-16(14-18)15-10-12-17(13-11-15)23-21-19-8-3-1-2-4-9-20(19)25(28)22(27)24-21/h1,3,5-14,26,28H,2,4H2,(H,23,24,27). The van der Waals surface area contributed by atoms with Crippen LogP contribution in [0.15, 0.2) is 65.5 Å². The number of anilines is 2. The van der Waals surface area contributed by atoms with E-state index in [1.54, 1.807) is 18.2 Å². The van der Waals surface area contributed by atoms with E-state index in [0.29, 0.717) is 21.1 Å². The first-order chi connectivity index (χ1) is 13.6. The Morgan fingerprint density at radius 1 is 1.04 bits per heavy atom. The predicted octanol–water partition coefficient (Wildman–Crippen LogP) is 2.51. The van der Waals surface area contributed by atoms with Crippen molar-refractivity contribution in [3.05, 3.63) is 81.7 Å². The van der Waals surface area contributed by atoms with E-state index in [-0.39, 0.29) is 5.75 Å². The zero-order valence-electron chi connectivity index (χ0n) is 15.0. The van der Waals surface area contributed by atoms with E-state index in [9.17, 15) is 15.1 Å². The highest BCUT2D eigenvalue weighted by atomic mass is 16.5. The summed E-state index contributed by atoms with van der Waals surface area (Å²) in [6.45, 7) is 0. The smallest absolute Gasteiger partial charge is 0.382 e. The number of nitrogens with zero attached hydrogens (tertiary/aromatic N) is 2. The molecule has 6 heteroatoms. The molecule has 28 heavy (non-hydrogen) atoms. The number of allylic oxidation sites excluding steroid dienone is 2. The largest absolute Gasteiger partial charge is 0.508 e. The maximum atomic E-state index is 12.1. The average molecular weight is 373 g/mol. The Bertz CT molecular complexity index is 1230. The summed E-state index contributed by atoms with van der Waals surface area (Å²) >= 11 is 0. The van der Waals surface area contributed by atoms with Crippen LogP contribution in [0.25, 0.3) is 23.3 Å². The zero-order valence-corrected chi connectivity index (χ0v) is 15.0. The Morgan fingerprint density at radius 2 is 1.86 bits per heavy atom. The first-order valence-electron chi connectivity index (χ1n) is 8.98. The van der Waals surface area contributed by atoms with Crippen LogP contribution in [0.2, 0.25) is 0 Å². The Hall–Kier alpha value is -3.80. The van der Waals surface area contributed by atoms with Gasteiger partial charge in [-0.05, 0) is 54.3 Å². The molecule has 1 aliphatic rings. The van der Waals surface area contributed by atoms with Crippen LogP contribution in [0.4, 0.5) is 11.5 Å². The minimum Gasteiger partial charge on any atom is -0.508 e. The van der Waals surface area contributed by atoms with E-state index in [2.05, 4.69) is 10.3 Å². The third-order valence-corrected chi connectivity index (χ3v) is 4.55. The normalized spacial score (nSPS) is 12.9. The molecule has 0 spiro atoms. The van der Waals surface area contributed by atoms with E-state index < -0.39 is 5.69 Å². The van der Waals surface area contributed by atoms with Gasteiger partial charge in [-0.2, -0.15) is 4.98 Å². The summed E-state index contributed by atoms with van der Waals surface area (Å²) in [7, 11) is 0. The Labute approximate surface area is 161 Å². The molecule has 0 unspecified atom stereocenters. The summed E-state index contributed by atoms with van der Waals surface area (Å²) in [5, 5.41) is 23.9. The third-order valence-electron chi connectivity index (χ3n) is 4.55. The quantitative estimate of drug-likeness (QED) is 0.614. The molecule has 6 nitrogen and oxygen atoms in total. The van der Waals surface area contributed by atoms with Gasteiger partial charge < -0.3 is 15.6 Å². The molecular weight excluding hydrogens is 354 g/mol. The molecular formula is C22H19N3O3. The number of nitrogens with one attached hydrogen (secondary N) is 1. The first kappa shape index (κ1) is 17.6. The lowest BCUT2D eigenvalue weighted by Crippen LogP contribution is -2.45. The Kier molecular flexibility index (Phi) is 4.68. The fourth-order valence-electron chi connectivity index (χ4n) is 3.14. The molecule has 2 aromatic carbocycles. The summed E-state index contributed by atoms with van der Waals surface area (Å²) < 4.78 is 0.584. The van der Waals surface area contributed by atoms with Crippen LogP contribution >= 0.6 is 0 Å². The number of phenols is 1. The lowest BCUT2D eigenvalue weighted by atomic mass is 10.1. The van der Waals surface area contributed by atoms with Crippen LogP contribution in [-0.4, -0.2) is 20.0 Å². The van der Waals surface area contributed by atoms with Crippen LogP contribution < -0.4 is 21.6 Å². The van der Waals surface area contributed by atoms with E-state index in [1.807, 2.05) is 54.6 Å². The molecule has 0 bridgehead atoms. The van der Waals surface area contributed by atoms with Crippen LogP contribution in [-0.2, 0) is 0 Å². The fraction of sp³-hybridized carbons (Fsp3) is 0.0909. The minimum atomic E-state index is -0.730. The molecule has 4 rings (SSSR count). The topological polar surface area (TPSA) is 87.4 Å². The van der Waals surface area contributed by atoms with Gasteiger partial charge in [0.2, 0.25) is 0 Å². The molecule has 3 N–H and O–H groups in total. The SMILES string of the molecule is O=c1nc(Nc2ccc(-c3cccc(O)c3)cc2)c2c(n1O)=CCCC=CC=2. The van der Waals surface area contributed by atoms with E-state index in [1.165, 1.54) is 0 Å². The van der Waals surface area contributed by atoms with Crippen LogP contribution in [0.5, 0.6) is 5.75 Å². The predicted molar refractivity (Wildman–Crippen MR) is 109 cm³/mol. The monoisotopic (exact) mass is 373 g/mol. The molecule has 0 radical (unpaired) electrons. The Morgan fingerprint density at radius 3 is 2.64 bits per heavy atom. The minimum absolute atomic E-state index is 0.215. The maximum Gasteiger partial charge on any atom is 0.382 e. The number of rotatable bonds is 3. The van der Waals surface area contributed by atoms with Crippen molar-refractivity contribution in [1.82, 2.24) is 9.71 Å². The van der Waals surface area contributed by atoms with Gasteiger partial charge >= 0.3 is 5.69 Å². The van der Waals surface area contributed by atoms with Crippen molar-refractivity contribution < 1.29 is 10.3 Å². The molecule has 1 aromatic heterocycles. The van der Waals surface area contributed by atoms with Crippen molar-refractivity contribution in [2.45, 2.75) is 12.8 Å². The fourth-order valence-corrected chi connectivity index (χ4v) is 3.14. The second-order valence-corrected chi connectivity index (χ2v) is 6.48. The number of aromatic nitrogens is 2. The molecule has 0 amide bonds. The number of aromatic hydroxyl groups is 1. The van der Waals surface area contributed by atoms with Crippen molar-refractivity contribution >= 4 is 23.7 Å². The molecule has 0 saturated heterocycles. The number of hydrogen-bond acceptors (Lipinski definition) is 5. The van der Waals surface area contributed by atoms with Gasteiger partial charge in [-0.3, -0.25) is 0 Å². The molecule has 0 saturated carbocycles. The lowest BCUT2D eigenvalue weighted by molar-refractivity contribution is 0.160. The number of phenolic OH excluding ortho intramolecular Hbond substituents is 1. The van der Waals surface area contributed by atoms with Gasteiger partial charge in [0.25, 0.3) is 0 Å². The Balaban J connectivity index is 1.73. The average Bonchev–Trinajstić information content (AvgIpc) is 2.67. The number of benzene rings is 2. The third kappa shape index (κ3) is 3.53. The zero-order chi connectivity index (χ0) is 19.5. The van der Waals surface area contributed by atoms with Gasteiger partial charge in [0, 0.05) is 10.9 Å². The number of hydrogen-bond donors (Lipinski definition) is 3. The van der Waals surface area contributed by atoms with Gasteiger partial charge in [-0.15, -0.1) is 4.73 Å². The molecule has 0 atom stereocenters. The molecule has 0 aliphatic heterocycles. The molecule has 3 aromatic rings. The van der Waals surface area contributed by atoms with Gasteiger partial charge in [-0.1, -0.05) is 42.5 Å². The summed E-state index contributed by atoms with van der Waals surface area (Å²) in [5.41, 5.74) is 1.89. The van der Waals surface area contributed by atoms with Crippen molar-refractivity contribution in [1.29, 1.82) is 0 Å². The lowest BCUT2D eigenvalue weighted by Gasteiger charge is -2.10. The van der Waals surface area contributed by atoms with Crippen molar-refractivity contribution in [3.63, 3.8) is 0 Å².